The molecule has 0 amide bonds. The fourth-order valence-corrected chi connectivity index (χ4v) is 1.59. The summed E-state index contributed by atoms with van der Waals surface area (Å²) in [7, 11) is 0. The third-order valence-electron chi connectivity index (χ3n) is 2.37. The van der Waals surface area contributed by atoms with Gasteiger partial charge in [0, 0.05) is 11.8 Å². The van der Waals surface area contributed by atoms with Crippen LogP contribution in [0.15, 0.2) is 54.7 Å². The highest BCUT2D eigenvalue weighted by atomic mass is 15.6. The average molecular weight is 223 g/mol. The molecule has 3 aromatic rings. The molecule has 0 aliphatic rings. The smallest absolute Gasteiger partial charge is 0.188 e. The second-order valence-corrected chi connectivity index (χ2v) is 3.47. The van der Waals surface area contributed by atoms with Crippen LogP contribution in [0.4, 0.5) is 0 Å². The number of hydrogen-bond acceptors (Lipinski definition) is 4. The van der Waals surface area contributed by atoms with E-state index in [0.29, 0.717) is 11.6 Å². The molecule has 2 aromatic heterocycles. The Balaban J connectivity index is 2.13. The highest BCUT2D eigenvalue weighted by Gasteiger charge is 2.10. The lowest BCUT2D eigenvalue weighted by atomic mass is 10.2. The molecule has 0 radical (unpaired) electrons. The van der Waals surface area contributed by atoms with Crippen LogP contribution in [-0.2, 0) is 0 Å². The van der Waals surface area contributed by atoms with Crippen molar-refractivity contribution in [2.45, 2.75) is 0 Å². The number of benzene rings is 1. The van der Waals surface area contributed by atoms with E-state index in [0.717, 1.165) is 5.56 Å². The standard InChI is InChI=1S/C12H9N5/c1-2-6-10(7-3-1)12-14-15-16-17(12)11-8-4-5-9-13-11/h1-9H. The van der Waals surface area contributed by atoms with Crippen molar-refractivity contribution in [1.82, 2.24) is 25.2 Å². The van der Waals surface area contributed by atoms with Crippen molar-refractivity contribution in [3.05, 3.63) is 54.7 Å². The van der Waals surface area contributed by atoms with Gasteiger partial charge < -0.3 is 0 Å². The number of hydrogen-bond donors (Lipinski definition) is 0. The van der Waals surface area contributed by atoms with Crippen LogP contribution in [0.1, 0.15) is 0 Å². The Morgan fingerprint density at radius 2 is 1.71 bits per heavy atom. The van der Waals surface area contributed by atoms with Crippen molar-refractivity contribution in [1.29, 1.82) is 0 Å². The SMILES string of the molecule is c1ccc(-c2nnnn2-c2ccccn2)cc1. The second-order valence-electron chi connectivity index (χ2n) is 3.47. The van der Waals surface area contributed by atoms with E-state index in [2.05, 4.69) is 20.5 Å². The molecule has 0 N–H and O–H groups in total. The van der Waals surface area contributed by atoms with E-state index in [1.807, 2.05) is 48.5 Å². The van der Waals surface area contributed by atoms with Crippen molar-refractivity contribution in [3.8, 4) is 17.2 Å². The van der Waals surface area contributed by atoms with E-state index in [9.17, 15) is 0 Å². The van der Waals surface area contributed by atoms with Gasteiger partial charge in [-0.2, -0.15) is 4.68 Å². The summed E-state index contributed by atoms with van der Waals surface area (Å²) in [6, 6.07) is 15.4. The molecule has 0 unspecified atom stereocenters. The lowest BCUT2D eigenvalue weighted by Crippen LogP contribution is -2.01. The Morgan fingerprint density at radius 3 is 2.47 bits per heavy atom. The molecule has 0 atom stereocenters. The van der Waals surface area contributed by atoms with Crippen LogP contribution in [-0.4, -0.2) is 25.2 Å². The van der Waals surface area contributed by atoms with Crippen molar-refractivity contribution in [2.75, 3.05) is 0 Å². The topological polar surface area (TPSA) is 56.5 Å². The normalized spacial score (nSPS) is 10.4. The van der Waals surface area contributed by atoms with Gasteiger partial charge in [-0.15, -0.1) is 5.10 Å². The molecule has 1 aromatic carbocycles. The molecule has 0 fully saturated rings. The second kappa shape index (κ2) is 4.13. The molecule has 0 aliphatic carbocycles. The van der Waals surface area contributed by atoms with E-state index >= 15 is 0 Å². The first-order valence-electron chi connectivity index (χ1n) is 5.20. The molecule has 0 bridgehead atoms. The third-order valence-corrected chi connectivity index (χ3v) is 2.37. The average Bonchev–Trinajstić information content (AvgIpc) is 2.90. The molecule has 0 spiro atoms. The van der Waals surface area contributed by atoms with Gasteiger partial charge in [-0.05, 0) is 22.6 Å². The molecular formula is C12H9N5. The van der Waals surface area contributed by atoms with Crippen molar-refractivity contribution < 1.29 is 0 Å². The Labute approximate surface area is 97.7 Å². The number of aromatic nitrogens is 5. The maximum Gasteiger partial charge on any atom is 0.188 e. The quantitative estimate of drug-likeness (QED) is 0.663. The molecule has 0 saturated heterocycles. The fraction of sp³-hybridized carbons (Fsp3) is 0. The molecule has 82 valence electrons. The lowest BCUT2D eigenvalue weighted by Gasteiger charge is -2.02. The first-order chi connectivity index (χ1) is 8.45. The molecule has 17 heavy (non-hydrogen) atoms. The molecule has 2 heterocycles. The monoisotopic (exact) mass is 223 g/mol. The van der Waals surface area contributed by atoms with Gasteiger partial charge >= 0.3 is 0 Å². The number of tetrazole rings is 1. The van der Waals surface area contributed by atoms with Crippen molar-refractivity contribution in [2.24, 2.45) is 0 Å². The number of nitrogens with zero attached hydrogens (tertiary/aromatic N) is 5. The highest BCUT2D eigenvalue weighted by Crippen LogP contribution is 2.17. The number of rotatable bonds is 2. The Hall–Kier alpha value is -2.56. The molecular weight excluding hydrogens is 214 g/mol. The zero-order valence-electron chi connectivity index (χ0n) is 8.93. The summed E-state index contributed by atoms with van der Waals surface area (Å²) >= 11 is 0. The summed E-state index contributed by atoms with van der Waals surface area (Å²) in [4.78, 5) is 4.23. The van der Waals surface area contributed by atoms with Gasteiger partial charge in [-0.1, -0.05) is 36.4 Å². The van der Waals surface area contributed by atoms with Gasteiger partial charge in [-0.25, -0.2) is 4.98 Å². The van der Waals surface area contributed by atoms with Gasteiger partial charge in [0.05, 0.1) is 0 Å². The largest absolute Gasteiger partial charge is 0.237 e. The fourth-order valence-electron chi connectivity index (χ4n) is 1.59. The molecule has 0 aliphatic heterocycles. The Bertz CT molecular complexity index is 549. The van der Waals surface area contributed by atoms with Crippen molar-refractivity contribution in [3.63, 3.8) is 0 Å². The maximum atomic E-state index is 4.23. The summed E-state index contributed by atoms with van der Waals surface area (Å²) in [6.45, 7) is 0. The van der Waals surface area contributed by atoms with Gasteiger partial charge in [0.15, 0.2) is 11.6 Å². The minimum atomic E-state index is 0.685. The Kier molecular flexibility index (Phi) is 2.34. The van der Waals surface area contributed by atoms with Gasteiger partial charge in [0.25, 0.3) is 0 Å². The molecule has 5 nitrogen and oxygen atoms in total. The maximum absolute atomic E-state index is 4.23. The van der Waals surface area contributed by atoms with Gasteiger partial charge in [0.1, 0.15) is 0 Å². The summed E-state index contributed by atoms with van der Waals surface area (Å²) in [6.07, 6.45) is 1.71. The predicted molar refractivity (Wildman–Crippen MR) is 62.4 cm³/mol. The van der Waals surface area contributed by atoms with Crippen LogP contribution in [0.2, 0.25) is 0 Å². The van der Waals surface area contributed by atoms with Crippen LogP contribution in [0, 0.1) is 0 Å². The summed E-state index contributed by atoms with van der Waals surface area (Å²) in [5, 5.41) is 11.7. The lowest BCUT2D eigenvalue weighted by molar-refractivity contribution is 0.773. The third kappa shape index (κ3) is 1.78. The van der Waals surface area contributed by atoms with E-state index in [1.165, 1.54) is 0 Å². The zero-order chi connectivity index (χ0) is 11.5. The summed E-state index contributed by atoms with van der Waals surface area (Å²) in [5.41, 5.74) is 0.961. The summed E-state index contributed by atoms with van der Waals surface area (Å²) < 4.78 is 1.62. The van der Waals surface area contributed by atoms with Crippen LogP contribution >= 0.6 is 0 Å². The first-order valence-corrected chi connectivity index (χ1v) is 5.20. The molecule has 5 heteroatoms. The van der Waals surface area contributed by atoms with Crippen LogP contribution in [0.25, 0.3) is 17.2 Å². The first kappa shape index (κ1) is 9.65. The number of pyridine rings is 1. The predicted octanol–water partition coefficient (Wildman–Crippen LogP) is 1.72. The summed E-state index contributed by atoms with van der Waals surface area (Å²) in [5.74, 6) is 1.39. The van der Waals surface area contributed by atoms with Crippen LogP contribution < -0.4 is 0 Å². The van der Waals surface area contributed by atoms with E-state index in [-0.39, 0.29) is 0 Å². The minimum absolute atomic E-state index is 0.685. The molecule has 3 rings (SSSR count). The van der Waals surface area contributed by atoms with Crippen molar-refractivity contribution >= 4 is 0 Å². The van der Waals surface area contributed by atoms with Gasteiger partial charge in [-0.3, -0.25) is 0 Å². The van der Waals surface area contributed by atoms with E-state index in [4.69, 9.17) is 0 Å². The zero-order valence-corrected chi connectivity index (χ0v) is 8.93. The van der Waals surface area contributed by atoms with Gasteiger partial charge in [0.2, 0.25) is 0 Å². The van der Waals surface area contributed by atoms with E-state index < -0.39 is 0 Å². The van der Waals surface area contributed by atoms with Crippen LogP contribution in [0.3, 0.4) is 0 Å². The van der Waals surface area contributed by atoms with E-state index in [1.54, 1.807) is 10.9 Å². The minimum Gasteiger partial charge on any atom is -0.237 e. The Morgan fingerprint density at radius 1 is 0.882 bits per heavy atom. The highest BCUT2D eigenvalue weighted by molar-refractivity contribution is 5.56. The molecule has 0 saturated carbocycles. The van der Waals surface area contributed by atoms with Crippen LogP contribution in [0.5, 0.6) is 0 Å².